The second-order valence-electron chi connectivity index (χ2n) is 4.75. The molecule has 0 amide bonds. The third kappa shape index (κ3) is 4.37. The highest BCUT2D eigenvalue weighted by atomic mass is 79.9. The normalized spacial score (nSPS) is 20.8. The van der Waals surface area contributed by atoms with Crippen molar-refractivity contribution in [3.63, 3.8) is 0 Å². The van der Waals surface area contributed by atoms with Gasteiger partial charge in [0.05, 0.1) is 12.3 Å². The first-order valence-electron chi connectivity index (χ1n) is 6.11. The molecule has 0 bridgehead atoms. The van der Waals surface area contributed by atoms with Gasteiger partial charge in [-0.1, -0.05) is 0 Å². The molecule has 17 heavy (non-hydrogen) atoms. The fourth-order valence-corrected chi connectivity index (χ4v) is 2.47. The smallest absolute Gasteiger partial charge is 0.0544 e. The monoisotopic (exact) mass is 298 g/mol. The van der Waals surface area contributed by atoms with E-state index in [0.29, 0.717) is 5.92 Å². The van der Waals surface area contributed by atoms with E-state index in [1.165, 1.54) is 12.8 Å². The number of rotatable bonds is 4. The fourth-order valence-electron chi connectivity index (χ4n) is 2.23. The molecule has 1 aliphatic rings. The van der Waals surface area contributed by atoms with Crippen molar-refractivity contribution in [2.75, 3.05) is 26.8 Å². The Morgan fingerprint density at radius 2 is 2.41 bits per heavy atom. The molecule has 0 saturated carbocycles. The van der Waals surface area contributed by atoms with Crippen LogP contribution in [0.15, 0.2) is 22.8 Å². The van der Waals surface area contributed by atoms with Gasteiger partial charge in [-0.25, -0.2) is 0 Å². The fraction of sp³-hybridized carbons (Fsp3) is 0.615. The lowest BCUT2D eigenvalue weighted by Crippen LogP contribution is -2.30. The molecule has 0 aromatic carbocycles. The van der Waals surface area contributed by atoms with Crippen molar-refractivity contribution in [1.82, 2.24) is 9.88 Å². The summed E-state index contributed by atoms with van der Waals surface area (Å²) in [6.45, 7) is 3.86. The van der Waals surface area contributed by atoms with Crippen LogP contribution >= 0.6 is 15.9 Å². The van der Waals surface area contributed by atoms with Crippen molar-refractivity contribution in [2.24, 2.45) is 5.92 Å². The van der Waals surface area contributed by atoms with Gasteiger partial charge in [0, 0.05) is 30.4 Å². The van der Waals surface area contributed by atoms with E-state index in [1.807, 2.05) is 12.3 Å². The van der Waals surface area contributed by atoms with E-state index >= 15 is 0 Å². The zero-order chi connectivity index (χ0) is 12.1. The van der Waals surface area contributed by atoms with Crippen LogP contribution < -0.4 is 0 Å². The summed E-state index contributed by atoms with van der Waals surface area (Å²) in [5.41, 5.74) is 1.12. The summed E-state index contributed by atoms with van der Waals surface area (Å²) in [5.74, 6) is 0.684. The van der Waals surface area contributed by atoms with Crippen molar-refractivity contribution >= 4 is 15.9 Å². The molecule has 0 aliphatic carbocycles. The van der Waals surface area contributed by atoms with Crippen LogP contribution in [0, 0.1) is 5.92 Å². The minimum Gasteiger partial charge on any atom is -0.381 e. The molecule has 0 N–H and O–H groups in total. The Labute approximate surface area is 111 Å². The van der Waals surface area contributed by atoms with Gasteiger partial charge in [0.25, 0.3) is 0 Å². The summed E-state index contributed by atoms with van der Waals surface area (Å²) < 4.78 is 6.53. The molecular formula is C13H19BrN2O. The van der Waals surface area contributed by atoms with Crippen LogP contribution in [-0.2, 0) is 11.3 Å². The van der Waals surface area contributed by atoms with Crippen molar-refractivity contribution in [3.8, 4) is 0 Å². The number of hydrogen-bond donors (Lipinski definition) is 0. The first kappa shape index (κ1) is 13.0. The van der Waals surface area contributed by atoms with E-state index in [4.69, 9.17) is 4.74 Å². The molecule has 1 atom stereocenters. The number of aromatic nitrogens is 1. The third-order valence-electron chi connectivity index (χ3n) is 3.05. The summed E-state index contributed by atoms with van der Waals surface area (Å²) in [5, 5.41) is 0. The maximum absolute atomic E-state index is 5.50. The lowest BCUT2D eigenvalue weighted by molar-refractivity contribution is 0.0410. The second kappa shape index (κ2) is 6.47. The van der Waals surface area contributed by atoms with Gasteiger partial charge in [0.1, 0.15) is 0 Å². The lowest BCUT2D eigenvalue weighted by Gasteiger charge is -2.26. The molecule has 1 aliphatic heterocycles. The Balaban J connectivity index is 1.79. The van der Waals surface area contributed by atoms with E-state index in [0.717, 1.165) is 36.5 Å². The summed E-state index contributed by atoms with van der Waals surface area (Å²) in [7, 11) is 2.15. The van der Waals surface area contributed by atoms with Crippen molar-refractivity contribution in [2.45, 2.75) is 19.4 Å². The largest absolute Gasteiger partial charge is 0.381 e. The molecule has 1 unspecified atom stereocenters. The Bertz CT molecular complexity index is 336. The molecule has 3 nitrogen and oxygen atoms in total. The summed E-state index contributed by atoms with van der Waals surface area (Å²) in [6, 6.07) is 4.11. The number of ether oxygens (including phenoxy) is 1. The van der Waals surface area contributed by atoms with E-state index in [9.17, 15) is 0 Å². The van der Waals surface area contributed by atoms with E-state index in [2.05, 4.69) is 38.9 Å². The van der Waals surface area contributed by atoms with Gasteiger partial charge in [-0.15, -0.1) is 0 Å². The zero-order valence-electron chi connectivity index (χ0n) is 10.2. The molecule has 1 aromatic rings. The molecule has 2 heterocycles. The predicted molar refractivity (Wildman–Crippen MR) is 71.8 cm³/mol. The molecular weight excluding hydrogens is 280 g/mol. The average Bonchev–Trinajstić information content (AvgIpc) is 2.33. The minimum absolute atomic E-state index is 0.684. The van der Waals surface area contributed by atoms with Crippen LogP contribution in [-0.4, -0.2) is 36.7 Å². The lowest BCUT2D eigenvalue weighted by atomic mass is 10.0. The molecule has 1 fully saturated rings. The van der Waals surface area contributed by atoms with E-state index in [1.54, 1.807) is 0 Å². The average molecular weight is 299 g/mol. The minimum atomic E-state index is 0.684. The standard InChI is InChI=1S/C13H19BrN2O/c1-16(8-11-3-2-6-17-10-11)9-13-5-4-12(14)7-15-13/h4-5,7,11H,2-3,6,8-10H2,1H3. The molecule has 1 saturated heterocycles. The van der Waals surface area contributed by atoms with Gasteiger partial charge < -0.3 is 9.64 Å². The number of nitrogens with zero attached hydrogens (tertiary/aromatic N) is 2. The zero-order valence-corrected chi connectivity index (χ0v) is 11.8. The molecule has 0 radical (unpaired) electrons. The van der Waals surface area contributed by atoms with Crippen LogP contribution in [0.2, 0.25) is 0 Å². The van der Waals surface area contributed by atoms with Crippen molar-refractivity contribution in [3.05, 3.63) is 28.5 Å². The van der Waals surface area contributed by atoms with Crippen molar-refractivity contribution in [1.29, 1.82) is 0 Å². The topological polar surface area (TPSA) is 25.4 Å². The van der Waals surface area contributed by atoms with Crippen LogP contribution in [0.3, 0.4) is 0 Å². The Hall–Kier alpha value is -0.450. The Morgan fingerprint density at radius 3 is 3.06 bits per heavy atom. The van der Waals surface area contributed by atoms with E-state index in [-0.39, 0.29) is 0 Å². The molecule has 1 aromatic heterocycles. The first-order chi connectivity index (χ1) is 8.24. The third-order valence-corrected chi connectivity index (χ3v) is 3.51. The maximum atomic E-state index is 5.50. The quantitative estimate of drug-likeness (QED) is 0.855. The van der Waals surface area contributed by atoms with Crippen LogP contribution in [0.1, 0.15) is 18.5 Å². The van der Waals surface area contributed by atoms with Crippen molar-refractivity contribution < 1.29 is 4.74 Å². The number of hydrogen-bond acceptors (Lipinski definition) is 3. The molecule has 0 spiro atoms. The summed E-state index contributed by atoms with van der Waals surface area (Å²) >= 11 is 3.40. The summed E-state index contributed by atoms with van der Waals surface area (Å²) in [6.07, 6.45) is 4.35. The van der Waals surface area contributed by atoms with Gasteiger partial charge in [-0.3, -0.25) is 4.98 Å². The highest BCUT2D eigenvalue weighted by Gasteiger charge is 2.15. The highest BCUT2D eigenvalue weighted by molar-refractivity contribution is 9.10. The van der Waals surface area contributed by atoms with Gasteiger partial charge in [-0.2, -0.15) is 0 Å². The summed E-state index contributed by atoms with van der Waals surface area (Å²) in [4.78, 5) is 6.72. The maximum Gasteiger partial charge on any atom is 0.0544 e. The number of halogens is 1. The SMILES string of the molecule is CN(Cc1ccc(Br)cn1)CC1CCCOC1. The Morgan fingerprint density at radius 1 is 1.53 bits per heavy atom. The Kier molecular flexibility index (Phi) is 4.95. The first-order valence-corrected chi connectivity index (χ1v) is 6.90. The van der Waals surface area contributed by atoms with Gasteiger partial charge in [0.15, 0.2) is 0 Å². The predicted octanol–water partition coefficient (Wildman–Crippen LogP) is 2.70. The van der Waals surface area contributed by atoms with E-state index < -0.39 is 0 Å². The molecule has 4 heteroatoms. The van der Waals surface area contributed by atoms with Crippen LogP contribution in [0.4, 0.5) is 0 Å². The van der Waals surface area contributed by atoms with Gasteiger partial charge >= 0.3 is 0 Å². The van der Waals surface area contributed by atoms with Crippen LogP contribution in [0.5, 0.6) is 0 Å². The van der Waals surface area contributed by atoms with Crippen LogP contribution in [0.25, 0.3) is 0 Å². The van der Waals surface area contributed by atoms with Gasteiger partial charge in [0.2, 0.25) is 0 Å². The molecule has 2 rings (SSSR count). The molecule has 94 valence electrons. The second-order valence-corrected chi connectivity index (χ2v) is 5.66. The highest BCUT2D eigenvalue weighted by Crippen LogP contribution is 2.15. The number of pyridine rings is 1. The van der Waals surface area contributed by atoms with Gasteiger partial charge in [-0.05, 0) is 53.9 Å².